The number of hydrogen-bond acceptors (Lipinski definition) is 0. The van der Waals surface area contributed by atoms with Gasteiger partial charge in [0.25, 0.3) is 0 Å². The molecule has 0 spiro atoms. The molecule has 0 amide bonds. The Morgan fingerprint density at radius 3 is 2.12 bits per heavy atom. The summed E-state index contributed by atoms with van der Waals surface area (Å²) >= 11 is 5.53. The van der Waals surface area contributed by atoms with E-state index in [2.05, 4.69) is 0 Å². The maximum atomic E-state index is 5.53. The van der Waals surface area contributed by atoms with Crippen LogP contribution < -0.4 is 5.28 Å². The van der Waals surface area contributed by atoms with Crippen LogP contribution in [-0.2, 0) is 0 Å². The Kier molecular flexibility index (Phi) is 2.08. The van der Waals surface area contributed by atoms with E-state index >= 15 is 0 Å². The van der Waals surface area contributed by atoms with Crippen LogP contribution in [0.2, 0.25) is 0 Å². The zero-order valence-electron chi connectivity index (χ0n) is 4.47. The fourth-order valence-corrected chi connectivity index (χ4v) is 0.745. The van der Waals surface area contributed by atoms with Crippen molar-refractivity contribution in [2.24, 2.45) is 0 Å². The van der Waals surface area contributed by atoms with E-state index in [9.17, 15) is 0 Å². The summed E-state index contributed by atoms with van der Waals surface area (Å²) in [5, 5.41) is 1.18. The third-order valence-electron chi connectivity index (χ3n) is 0.997. The third-order valence-corrected chi connectivity index (χ3v) is 1.31. The Morgan fingerprint density at radius 2 is 1.75 bits per heavy atom. The molecule has 0 aliphatic carbocycles. The molecule has 0 saturated carbocycles. The van der Waals surface area contributed by atoms with Crippen LogP contribution in [-0.4, -0.2) is 8.12 Å². The fourth-order valence-electron chi connectivity index (χ4n) is 0.567. The second-order valence-electron chi connectivity index (χ2n) is 1.62. The summed E-state index contributed by atoms with van der Waals surface area (Å²) in [6.45, 7) is 0. The first kappa shape index (κ1) is 5.81. The van der Waals surface area contributed by atoms with Gasteiger partial charge < -0.3 is 0 Å². The van der Waals surface area contributed by atoms with Gasteiger partial charge in [-0.25, -0.2) is 0 Å². The van der Waals surface area contributed by atoms with Crippen LogP contribution in [0.15, 0.2) is 30.3 Å². The molecule has 0 aliphatic heterocycles. The van der Waals surface area contributed by atoms with E-state index in [0.717, 1.165) is 0 Å². The Morgan fingerprint density at radius 1 is 1.12 bits per heavy atom. The SMILES string of the molecule is [Cl][Be][c]1ccccc1. The van der Waals surface area contributed by atoms with Gasteiger partial charge in [-0.05, 0) is 0 Å². The summed E-state index contributed by atoms with van der Waals surface area (Å²) in [6, 6.07) is 9.96. The van der Waals surface area contributed by atoms with Crippen molar-refractivity contribution in [3.8, 4) is 0 Å². The van der Waals surface area contributed by atoms with Gasteiger partial charge in [0, 0.05) is 0 Å². The van der Waals surface area contributed by atoms with E-state index < -0.39 is 0 Å². The second-order valence-corrected chi connectivity index (χ2v) is 1.89. The summed E-state index contributed by atoms with van der Waals surface area (Å²) in [4.78, 5) is 0. The summed E-state index contributed by atoms with van der Waals surface area (Å²) < 4.78 is 0. The van der Waals surface area contributed by atoms with Gasteiger partial charge >= 0.3 is 54.9 Å². The molecule has 8 heavy (non-hydrogen) atoms. The van der Waals surface area contributed by atoms with Crippen molar-refractivity contribution in [1.29, 1.82) is 0 Å². The molecule has 0 radical (unpaired) electrons. The summed E-state index contributed by atoms with van der Waals surface area (Å²) in [6.07, 6.45) is 0. The monoisotopic (exact) mass is 121 g/mol. The number of hydrogen-bond donors (Lipinski definition) is 0. The molecular weight excluding hydrogens is 117 g/mol. The van der Waals surface area contributed by atoms with Crippen LogP contribution in [0.4, 0.5) is 0 Å². The van der Waals surface area contributed by atoms with E-state index in [1.807, 2.05) is 30.3 Å². The predicted molar refractivity (Wildman–Crippen MR) is 37.7 cm³/mol. The molecule has 1 aromatic rings. The summed E-state index contributed by atoms with van der Waals surface area (Å²) in [5.41, 5.74) is 0. The van der Waals surface area contributed by atoms with Crippen LogP contribution in [0.5, 0.6) is 0 Å². The molecule has 0 aromatic heterocycles. The molecule has 0 N–H and O–H groups in total. The molecule has 1 rings (SSSR count). The van der Waals surface area contributed by atoms with Crippen molar-refractivity contribution in [2.45, 2.75) is 0 Å². The van der Waals surface area contributed by atoms with Gasteiger partial charge in [-0.15, -0.1) is 0 Å². The van der Waals surface area contributed by atoms with E-state index in [1.54, 1.807) is 0 Å². The average Bonchev–Trinajstić information content (AvgIpc) is 1.90. The molecule has 0 atom stereocenters. The first-order valence-corrected chi connectivity index (χ1v) is 3.07. The molecule has 1 aromatic carbocycles. The van der Waals surface area contributed by atoms with Gasteiger partial charge in [0.2, 0.25) is 0 Å². The van der Waals surface area contributed by atoms with Gasteiger partial charge in [0.15, 0.2) is 0 Å². The minimum absolute atomic E-state index is 0.612. The van der Waals surface area contributed by atoms with Gasteiger partial charge in [0.05, 0.1) is 0 Å². The van der Waals surface area contributed by atoms with Gasteiger partial charge in [-0.3, -0.25) is 0 Å². The quantitative estimate of drug-likeness (QED) is 0.490. The van der Waals surface area contributed by atoms with E-state index in [4.69, 9.17) is 11.2 Å². The van der Waals surface area contributed by atoms with Gasteiger partial charge in [0.1, 0.15) is 0 Å². The minimum atomic E-state index is 0.612. The number of halogens is 1. The molecular formula is C6H5BeCl. The maximum absolute atomic E-state index is 5.53. The van der Waals surface area contributed by atoms with Crippen molar-refractivity contribution in [1.82, 2.24) is 0 Å². The standard InChI is InChI=1S/C6H5.Be.ClH/c1-2-4-6-5-3-1;;/h1-5H;;1H/q;+1;/p-1. The van der Waals surface area contributed by atoms with E-state index in [-0.39, 0.29) is 0 Å². The first-order valence-electron chi connectivity index (χ1n) is 2.53. The Balaban J connectivity index is 2.83. The van der Waals surface area contributed by atoms with Crippen LogP contribution in [0.1, 0.15) is 0 Å². The van der Waals surface area contributed by atoms with E-state index in [0.29, 0.717) is 8.12 Å². The van der Waals surface area contributed by atoms with Crippen LogP contribution in [0.3, 0.4) is 0 Å². The van der Waals surface area contributed by atoms with Gasteiger partial charge in [-0.1, -0.05) is 0 Å². The molecule has 38 valence electrons. The molecule has 0 unspecified atom stereocenters. The van der Waals surface area contributed by atoms with Crippen molar-refractivity contribution >= 4 is 24.6 Å². The van der Waals surface area contributed by atoms with E-state index in [1.165, 1.54) is 5.28 Å². The summed E-state index contributed by atoms with van der Waals surface area (Å²) in [5.74, 6) is 0. The zero-order valence-corrected chi connectivity index (χ0v) is 5.23. The second kappa shape index (κ2) is 2.86. The Labute approximate surface area is 55.6 Å². The number of benzene rings is 1. The van der Waals surface area contributed by atoms with Crippen LogP contribution >= 0.6 is 11.2 Å². The Bertz CT molecular complexity index is 150. The third kappa shape index (κ3) is 1.33. The molecule has 0 heterocycles. The molecule has 0 nitrogen and oxygen atoms in total. The van der Waals surface area contributed by atoms with Crippen LogP contribution in [0, 0.1) is 0 Å². The Hall–Kier alpha value is -0.321. The topological polar surface area (TPSA) is 0 Å². The summed E-state index contributed by atoms with van der Waals surface area (Å²) in [7, 11) is 0.612. The molecule has 0 bridgehead atoms. The average molecular weight is 122 g/mol. The molecule has 0 fully saturated rings. The van der Waals surface area contributed by atoms with Crippen LogP contribution in [0.25, 0.3) is 0 Å². The molecule has 0 aliphatic rings. The first-order chi connectivity index (χ1) is 3.93. The van der Waals surface area contributed by atoms with Crippen molar-refractivity contribution < 1.29 is 0 Å². The number of rotatable bonds is 1. The van der Waals surface area contributed by atoms with Crippen molar-refractivity contribution in [3.05, 3.63) is 30.3 Å². The zero-order chi connectivity index (χ0) is 5.82. The fraction of sp³-hybridized carbons (Fsp3) is 0. The molecule has 0 saturated heterocycles. The van der Waals surface area contributed by atoms with Gasteiger partial charge in [-0.2, -0.15) is 0 Å². The van der Waals surface area contributed by atoms with Crippen molar-refractivity contribution in [2.75, 3.05) is 0 Å². The normalized spacial score (nSPS) is 8.12. The molecule has 2 heteroatoms. The predicted octanol–water partition coefficient (Wildman–Crippen LogP) is 1.17. The van der Waals surface area contributed by atoms with Crippen molar-refractivity contribution in [3.63, 3.8) is 0 Å².